The minimum absolute atomic E-state index is 0.0417. The molecule has 1 heterocycles. The third-order valence-corrected chi connectivity index (χ3v) is 6.47. The van der Waals surface area contributed by atoms with Gasteiger partial charge in [-0.2, -0.15) is 0 Å². The van der Waals surface area contributed by atoms with Crippen LogP contribution >= 0.6 is 58.5 Å². The predicted molar refractivity (Wildman–Crippen MR) is 115 cm³/mol. The highest BCUT2D eigenvalue weighted by Gasteiger charge is 2.11. The van der Waals surface area contributed by atoms with Crippen molar-refractivity contribution < 1.29 is 9.72 Å². The van der Waals surface area contributed by atoms with Crippen LogP contribution in [0.15, 0.2) is 46.8 Å². The molecule has 2 aromatic carbocycles. The summed E-state index contributed by atoms with van der Waals surface area (Å²) in [5.74, 6) is -0.151. The van der Waals surface area contributed by atoms with Gasteiger partial charge in [0, 0.05) is 17.8 Å². The molecule has 0 fully saturated rings. The van der Waals surface area contributed by atoms with Gasteiger partial charge < -0.3 is 5.32 Å². The number of nitrogens with one attached hydrogen (secondary N) is 1. The molecule has 0 atom stereocenters. The van der Waals surface area contributed by atoms with E-state index in [1.807, 2.05) is 0 Å². The molecular formula is C16H10Cl2N4O3S3. The Labute approximate surface area is 182 Å². The summed E-state index contributed by atoms with van der Waals surface area (Å²) in [7, 11) is 0. The fourth-order valence-corrected chi connectivity index (χ4v) is 4.54. The highest BCUT2D eigenvalue weighted by Crippen LogP contribution is 2.28. The van der Waals surface area contributed by atoms with Gasteiger partial charge >= 0.3 is 0 Å². The van der Waals surface area contributed by atoms with Gasteiger partial charge in [0.05, 0.1) is 26.4 Å². The minimum Gasteiger partial charge on any atom is -0.325 e. The molecular weight excluding hydrogens is 463 g/mol. The van der Waals surface area contributed by atoms with Crippen molar-refractivity contribution in [2.75, 3.05) is 11.1 Å². The second kappa shape index (κ2) is 9.01. The van der Waals surface area contributed by atoms with E-state index in [4.69, 9.17) is 35.4 Å². The summed E-state index contributed by atoms with van der Waals surface area (Å²) in [6.07, 6.45) is 0. The number of nitro groups is 1. The zero-order chi connectivity index (χ0) is 20.3. The molecule has 0 radical (unpaired) electrons. The predicted octanol–water partition coefficient (Wildman–Crippen LogP) is 5.61. The van der Waals surface area contributed by atoms with Gasteiger partial charge in [0.1, 0.15) is 0 Å². The number of hydrogen-bond donors (Lipinski definition) is 1. The van der Waals surface area contributed by atoms with Crippen molar-refractivity contribution in [3.63, 3.8) is 0 Å². The second-order valence-electron chi connectivity index (χ2n) is 5.28. The van der Waals surface area contributed by atoms with Crippen LogP contribution in [0.25, 0.3) is 5.69 Å². The number of aromatic nitrogens is 2. The molecule has 0 aliphatic rings. The highest BCUT2D eigenvalue weighted by atomic mass is 35.5. The van der Waals surface area contributed by atoms with Crippen LogP contribution in [0.2, 0.25) is 10.0 Å². The maximum absolute atomic E-state index is 12.1. The number of thioether (sulfide) groups is 1. The monoisotopic (exact) mass is 472 g/mol. The van der Waals surface area contributed by atoms with Crippen LogP contribution in [-0.4, -0.2) is 26.4 Å². The summed E-state index contributed by atoms with van der Waals surface area (Å²) in [5, 5.41) is 18.5. The number of carbonyl (C=O) groups excluding carboxylic acids is 1. The van der Waals surface area contributed by atoms with E-state index in [0.29, 0.717) is 29.7 Å². The molecule has 3 rings (SSSR count). The molecule has 0 saturated carbocycles. The molecule has 7 nitrogen and oxygen atoms in total. The first-order valence-corrected chi connectivity index (χ1v) is 10.5. The molecule has 1 amide bonds. The van der Waals surface area contributed by atoms with Gasteiger partial charge in [-0.15, -0.1) is 5.10 Å². The van der Waals surface area contributed by atoms with Crippen LogP contribution in [0.4, 0.5) is 11.4 Å². The SMILES string of the molecule is O=C(CSc1nn(-c2ccc(Cl)c(Cl)c2)c(=S)s1)Nc1ccc([N+](=O)[O-])cc1. The molecule has 0 spiro atoms. The minimum atomic E-state index is -0.501. The molecule has 3 aromatic rings. The lowest BCUT2D eigenvalue weighted by atomic mass is 10.3. The smallest absolute Gasteiger partial charge is 0.269 e. The summed E-state index contributed by atoms with van der Waals surface area (Å²) in [5.41, 5.74) is 1.11. The Morgan fingerprint density at radius 3 is 2.61 bits per heavy atom. The summed E-state index contributed by atoms with van der Waals surface area (Å²) in [6, 6.07) is 10.7. The Morgan fingerprint density at radius 2 is 1.96 bits per heavy atom. The van der Waals surface area contributed by atoms with Crippen LogP contribution in [0.1, 0.15) is 0 Å². The van der Waals surface area contributed by atoms with Gasteiger partial charge in [-0.25, -0.2) is 4.68 Å². The molecule has 12 heteroatoms. The number of benzene rings is 2. The summed E-state index contributed by atoms with van der Waals surface area (Å²) >= 11 is 19.8. The first-order valence-electron chi connectivity index (χ1n) is 7.56. The van der Waals surface area contributed by atoms with Crippen LogP contribution in [-0.2, 0) is 4.79 Å². The van der Waals surface area contributed by atoms with Gasteiger partial charge in [-0.3, -0.25) is 14.9 Å². The van der Waals surface area contributed by atoms with E-state index in [9.17, 15) is 14.9 Å². The van der Waals surface area contributed by atoms with Crippen LogP contribution in [0.5, 0.6) is 0 Å². The van der Waals surface area contributed by atoms with E-state index in [1.165, 1.54) is 47.4 Å². The van der Waals surface area contributed by atoms with Crippen LogP contribution < -0.4 is 5.32 Å². The van der Waals surface area contributed by atoms with Gasteiger partial charge in [-0.05, 0) is 42.5 Å². The van der Waals surface area contributed by atoms with Crippen molar-refractivity contribution in [2.24, 2.45) is 0 Å². The average molecular weight is 473 g/mol. The van der Waals surface area contributed by atoms with Crippen molar-refractivity contribution in [2.45, 2.75) is 4.34 Å². The van der Waals surface area contributed by atoms with Crippen LogP contribution in [0, 0.1) is 14.1 Å². The Hall–Kier alpha value is -1.98. The fraction of sp³-hybridized carbons (Fsp3) is 0.0625. The van der Waals surface area contributed by atoms with Crippen molar-refractivity contribution >= 4 is 75.8 Å². The number of carbonyl (C=O) groups is 1. The first-order chi connectivity index (χ1) is 13.3. The van der Waals surface area contributed by atoms with E-state index in [1.54, 1.807) is 22.9 Å². The lowest BCUT2D eigenvalue weighted by Crippen LogP contribution is -2.13. The number of hydrogen-bond acceptors (Lipinski definition) is 7. The Morgan fingerprint density at radius 1 is 1.25 bits per heavy atom. The van der Waals surface area contributed by atoms with Crippen LogP contribution in [0.3, 0.4) is 0 Å². The number of rotatable bonds is 6. The molecule has 1 N–H and O–H groups in total. The quantitative estimate of drug-likeness (QED) is 0.217. The van der Waals surface area contributed by atoms with E-state index in [-0.39, 0.29) is 17.3 Å². The molecule has 144 valence electrons. The standard InChI is InChI=1S/C16H10Cl2N4O3S3/c17-12-6-5-11(7-13(12)18)21-16(26)28-15(20-21)27-8-14(23)19-9-1-3-10(4-2-9)22(24)25/h1-7H,8H2,(H,19,23). The molecule has 0 saturated heterocycles. The lowest BCUT2D eigenvalue weighted by molar-refractivity contribution is -0.384. The van der Waals surface area contributed by atoms with Gasteiger partial charge in [0.25, 0.3) is 5.69 Å². The second-order valence-corrected chi connectivity index (χ2v) is 8.94. The lowest BCUT2D eigenvalue weighted by Gasteiger charge is -2.04. The number of nitrogens with zero attached hydrogens (tertiary/aromatic N) is 3. The number of nitro benzene ring substituents is 1. The average Bonchev–Trinajstić information content (AvgIpc) is 3.03. The highest BCUT2D eigenvalue weighted by molar-refractivity contribution is 8.01. The summed E-state index contributed by atoms with van der Waals surface area (Å²) in [4.78, 5) is 22.2. The first kappa shape index (κ1) is 20.7. The van der Waals surface area contributed by atoms with E-state index in [2.05, 4.69) is 10.4 Å². The van der Waals surface area contributed by atoms with Crippen molar-refractivity contribution in [1.29, 1.82) is 0 Å². The van der Waals surface area contributed by atoms with Crippen molar-refractivity contribution in [3.8, 4) is 5.69 Å². The molecule has 0 bridgehead atoms. The van der Waals surface area contributed by atoms with E-state index < -0.39 is 4.92 Å². The fourth-order valence-electron chi connectivity index (χ4n) is 2.09. The van der Waals surface area contributed by atoms with Gasteiger partial charge in [0.2, 0.25) is 5.91 Å². The molecule has 1 aromatic heterocycles. The van der Waals surface area contributed by atoms with E-state index in [0.717, 1.165) is 0 Å². The molecule has 0 aliphatic carbocycles. The van der Waals surface area contributed by atoms with Gasteiger partial charge in [-0.1, -0.05) is 46.3 Å². The normalized spacial score (nSPS) is 10.6. The van der Waals surface area contributed by atoms with E-state index >= 15 is 0 Å². The number of halogens is 2. The summed E-state index contributed by atoms with van der Waals surface area (Å²) in [6.45, 7) is 0. The zero-order valence-electron chi connectivity index (χ0n) is 13.8. The maximum Gasteiger partial charge on any atom is 0.269 e. The van der Waals surface area contributed by atoms with Crippen molar-refractivity contribution in [1.82, 2.24) is 9.78 Å². The largest absolute Gasteiger partial charge is 0.325 e. The number of non-ortho nitro benzene ring substituents is 1. The Kier molecular flexibility index (Phi) is 6.68. The molecule has 0 unspecified atom stereocenters. The maximum atomic E-state index is 12.1. The van der Waals surface area contributed by atoms with Crippen molar-refractivity contribution in [3.05, 3.63) is 66.6 Å². The Balaban J connectivity index is 1.63. The Bertz CT molecular complexity index is 1100. The third kappa shape index (κ3) is 5.09. The zero-order valence-corrected chi connectivity index (χ0v) is 17.8. The van der Waals surface area contributed by atoms with Gasteiger partial charge in [0.15, 0.2) is 8.29 Å². The summed E-state index contributed by atoms with van der Waals surface area (Å²) < 4.78 is 2.69. The molecule has 0 aliphatic heterocycles. The number of amides is 1. The number of anilines is 1. The third-order valence-electron chi connectivity index (χ3n) is 3.37. The topological polar surface area (TPSA) is 90.1 Å². The molecule has 28 heavy (non-hydrogen) atoms.